The fourth-order valence-corrected chi connectivity index (χ4v) is 3.77. The van der Waals surface area contributed by atoms with Crippen LogP contribution in [0.5, 0.6) is 0 Å². The lowest BCUT2D eigenvalue weighted by Gasteiger charge is -2.32. The smallest absolute Gasteiger partial charge is 0.261 e. The third kappa shape index (κ3) is 3.49. The van der Waals surface area contributed by atoms with E-state index in [9.17, 15) is 19.2 Å². The fourth-order valence-electron chi connectivity index (χ4n) is 3.77. The topological polar surface area (TPSA) is 126 Å². The van der Waals surface area contributed by atoms with Crippen LogP contribution in [0.15, 0.2) is 36.5 Å². The van der Waals surface area contributed by atoms with Gasteiger partial charge < -0.3 is 16.0 Å². The summed E-state index contributed by atoms with van der Waals surface area (Å²) in [5.74, 6) is -0.986. The average molecular weight is 407 g/mol. The summed E-state index contributed by atoms with van der Waals surface area (Å²) in [6.45, 7) is 1.32. The van der Waals surface area contributed by atoms with E-state index in [1.165, 1.54) is 31.4 Å². The van der Waals surface area contributed by atoms with Gasteiger partial charge in [-0.25, -0.2) is 4.98 Å². The van der Waals surface area contributed by atoms with Gasteiger partial charge in [-0.05, 0) is 43.2 Å². The Kier molecular flexibility index (Phi) is 4.94. The van der Waals surface area contributed by atoms with Gasteiger partial charge in [0.05, 0.1) is 28.9 Å². The van der Waals surface area contributed by atoms with Gasteiger partial charge in [0, 0.05) is 25.7 Å². The zero-order valence-corrected chi connectivity index (χ0v) is 16.4. The molecule has 1 aromatic heterocycles. The van der Waals surface area contributed by atoms with Gasteiger partial charge in [-0.3, -0.25) is 24.1 Å². The highest BCUT2D eigenvalue weighted by Crippen LogP contribution is 2.24. The number of carbonyl (C=O) groups excluding carboxylic acids is 4. The summed E-state index contributed by atoms with van der Waals surface area (Å²) < 4.78 is 0. The molecule has 1 saturated heterocycles. The van der Waals surface area contributed by atoms with E-state index in [4.69, 9.17) is 5.73 Å². The monoisotopic (exact) mass is 407 g/mol. The second kappa shape index (κ2) is 7.58. The number of rotatable bonds is 4. The van der Waals surface area contributed by atoms with Crippen LogP contribution in [0.2, 0.25) is 0 Å². The molecule has 1 atom stereocenters. The van der Waals surface area contributed by atoms with E-state index in [0.717, 1.165) is 24.3 Å². The van der Waals surface area contributed by atoms with Gasteiger partial charge in [0.1, 0.15) is 5.82 Å². The van der Waals surface area contributed by atoms with Crippen LogP contribution in [0.3, 0.4) is 0 Å². The van der Waals surface area contributed by atoms with Crippen LogP contribution >= 0.6 is 0 Å². The zero-order valence-electron chi connectivity index (χ0n) is 16.4. The molecule has 0 saturated carbocycles. The molecule has 2 aliphatic heterocycles. The number of nitrogens with two attached hydrogens (primary N) is 1. The number of anilines is 2. The Morgan fingerprint density at radius 2 is 1.90 bits per heavy atom. The van der Waals surface area contributed by atoms with E-state index in [-0.39, 0.29) is 28.9 Å². The van der Waals surface area contributed by atoms with Gasteiger partial charge in [-0.1, -0.05) is 0 Å². The lowest BCUT2D eigenvalue weighted by molar-refractivity contribution is -0.122. The molecule has 154 valence electrons. The maximum atomic E-state index is 12.6. The number of nitrogens with one attached hydrogen (secondary N) is 1. The summed E-state index contributed by atoms with van der Waals surface area (Å²) in [5.41, 5.74) is 6.70. The van der Waals surface area contributed by atoms with Gasteiger partial charge in [-0.15, -0.1) is 0 Å². The van der Waals surface area contributed by atoms with E-state index in [0.29, 0.717) is 23.6 Å². The lowest BCUT2D eigenvalue weighted by atomic mass is 9.97. The molecule has 2 aliphatic rings. The van der Waals surface area contributed by atoms with Crippen molar-refractivity contribution in [1.82, 2.24) is 9.88 Å². The number of hydrogen-bond acceptors (Lipinski definition) is 6. The van der Waals surface area contributed by atoms with Gasteiger partial charge >= 0.3 is 0 Å². The molecule has 0 bridgehead atoms. The highest BCUT2D eigenvalue weighted by Gasteiger charge is 2.33. The first-order valence-corrected chi connectivity index (χ1v) is 9.63. The summed E-state index contributed by atoms with van der Waals surface area (Å²) in [6, 6.07) is 7.93. The summed E-state index contributed by atoms with van der Waals surface area (Å²) in [4.78, 5) is 55.5. The highest BCUT2D eigenvalue weighted by atomic mass is 16.2. The average Bonchev–Trinajstić information content (AvgIpc) is 2.98. The third-order valence-corrected chi connectivity index (χ3v) is 5.51. The van der Waals surface area contributed by atoms with Crippen LogP contribution in [-0.4, -0.2) is 53.6 Å². The minimum atomic E-state index is -0.425. The molecule has 9 nitrogen and oxygen atoms in total. The van der Waals surface area contributed by atoms with Crippen LogP contribution in [0.4, 0.5) is 11.5 Å². The molecular formula is C21H21N5O4. The van der Waals surface area contributed by atoms with Crippen LogP contribution < -0.4 is 16.0 Å². The summed E-state index contributed by atoms with van der Waals surface area (Å²) in [7, 11) is 1.41. The van der Waals surface area contributed by atoms with Crippen LogP contribution in [0.25, 0.3) is 0 Å². The number of carbonyl (C=O) groups is 4. The third-order valence-electron chi connectivity index (χ3n) is 5.51. The Labute approximate surface area is 172 Å². The van der Waals surface area contributed by atoms with E-state index in [2.05, 4.69) is 10.3 Å². The Morgan fingerprint density at radius 1 is 1.13 bits per heavy atom. The molecule has 0 aliphatic carbocycles. The lowest BCUT2D eigenvalue weighted by Crippen LogP contribution is -2.41. The number of pyridine rings is 1. The largest absolute Gasteiger partial charge is 0.369 e. The number of benzene rings is 1. The predicted octanol–water partition coefficient (Wildman–Crippen LogP) is 1.26. The van der Waals surface area contributed by atoms with Gasteiger partial charge in [0.25, 0.3) is 17.7 Å². The summed E-state index contributed by atoms with van der Waals surface area (Å²) >= 11 is 0. The van der Waals surface area contributed by atoms with Crippen molar-refractivity contribution in [2.75, 3.05) is 30.4 Å². The van der Waals surface area contributed by atoms with E-state index < -0.39 is 11.8 Å². The van der Waals surface area contributed by atoms with Crippen molar-refractivity contribution < 1.29 is 19.2 Å². The quantitative estimate of drug-likeness (QED) is 0.735. The first-order valence-electron chi connectivity index (χ1n) is 9.63. The second-order valence-corrected chi connectivity index (χ2v) is 7.48. The first kappa shape index (κ1) is 19.6. The molecule has 1 fully saturated rings. The molecule has 4 rings (SSSR count). The maximum Gasteiger partial charge on any atom is 0.261 e. The van der Waals surface area contributed by atoms with Crippen LogP contribution in [0.1, 0.15) is 43.9 Å². The predicted molar refractivity (Wildman–Crippen MR) is 109 cm³/mol. The Morgan fingerprint density at radius 3 is 2.60 bits per heavy atom. The van der Waals surface area contributed by atoms with Crippen LogP contribution in [-0.2, 0) is 4.79 Å². The normalized spacial score (nSPS) is 18.4. The van der Waals surface area contributed by atoms with Crippen molar-refractivity contribution in [3.8, 4) is 0 Å². The van der Waals surface area contributed by atoms with Crippen molar-refractivity contribution >= 4 is 35.1 Å². The molecule has 0 radical (unpaired) electrons. The Bertz CT molecular complexity index is 1050. The minimum absolute atomic E-state index is 0.187. The van der Waals surface area contributed by atoms with Crippen molar-refractivity contribution in [2.45, 2.75) is 12.8 Å². The molecule has 0 spiro atoms. The number of hydrogen-bond donors (Lipinski definition) is 2. The van der Waals surface area contributed by atoms with Gasteiger partial charge in [-0.2, -0.15) is 0 Å². The molecule has 2 aromatic rings. The zero-order chi connectivity index (χ0) is 21.4. The Balaban J connectivity index is 1.45. The number of imide groups is 1. The number of aromatic nitrogens is 1. The van der Waals surface area contributed by atoms with E-state index in [1.807, 2.05) is 4.90 Å². The molecule has 3 heterocycles. The molecule has 30 heavy (non-hydrogen) atoms. The number of primary amides is 1. The second-order valence-electron chi connectivity index (χ2n) is 7.48. The number of amides is 4. The molecule has 3 N–H and O–H groups in total. The van der Waals surface area contributed by atoms with E-state index >= 15 is 0 Å². The minimum Gasteiger partial charge on any atom is -0.369 e. The summed E-state index contributed by atoms with van der Waals surface area (Å²) in [6.07, 6.45) is 3.18. The van der Waals surface area contributed by atoms with Crippen molar-refractivity contribution in [3.05, 3.63) is 53.2 Å². The van der Waals surface area contributed by atoms with E-state index in [1.54, 1.807) is 12.1 Å². The number of piperidine rings is 1. The number of fused-ring (bicyclic) bond motifs is 1. The molecule has 9 heteroatoms. The van der Waals surface area contributed by atoms with Gasteiger partial charge in [0.15, 0.2) is 0 Å². The van der Waals surface area contributed by atoms with Crippen molar-refractivity contribution in [3.63, 3.8) is 0 Å². The molecule has 4 amide bonds. The van der Waals surface area contributed by atoms with Crippen molar-refractivity contribution in [2.24, 2.45) is 11.7 Å². The number of nitrogens with zero attached hydrogens (tertiary/aromatic N) is 3. The SMILES string of the molecule is CN1C(=O)c2ccc(C(=O)Nc3ccc(N4CCCC(C(N)=O)C4)nc3)cc2C1=O. The summed E-state index contributed by atoms with van der Waals surface area (Å²) in [5, 5.41) is 2.74. The van der Waals surface area contributed by atoms with Gasteiger partial charge in [0.2, 0.25) is 5.91 Å². The first-order chi connectivity index (χ1) is 14.3. The Hall–Kier alpha value is -3.75. The molecule has 1 aromatic carbocycles. The molecular weight excluding hydrogens is 386 g/mol. The maximum absolute atomic E-state index is 12.6. The molecule has 1 unspecified atom stereocenters. The highest BCUT2D eigenvalue weighted by molar-refractivity contribution is 6.22. The van der Waals surface area contributed by atoms with Crippen molar-refractivity contribution in [1.29, 1.82) is 0 Å². The standard InChI is InChI=1S/C21H21N5O4/c1-25-20(29)15-6-4-12(9-16(15)21(25)30)19(28)24-14-5-7-17(23-10-14)26-8-2-3-13(11-26)18(22)27/h4-7,9-10,13H,2-3,8,11H2,1H3,(H2,22,27)(H,24,28). The fraction of sp³-hybridized carbons (Fsp3) is 0.286. The van der Waals surface area contributed by atoms with Crippen LogP contribution in [0, 0.1) is 5.92 Å².